The molecule has 10 heteroatoms. The molecular formula is C28H30FN7O2. The predicted molar refractivity (Wildman–Crippen MR) is 147 cm³/mol. The minimum Gasteiger partial charge on any atom is -0.496 e. The van der Waals surface area contributed by atoms with Crippen LogP contribution in [0.3, 0.4) is 0 Å². The number of likely N-dealkylation sites (N-methyl/N-ethyl adjacent to an activating group) is 1. The number of methoxy groups -OCH3 is 1. The van der Waals surface area contributed by atoms with E-state index in [0.29, 0.717) is 40.7 Å². The number of halogens is 1. The number of piperazine rings is 1. The Morgan fingerprint density at radius 2 is 1.95 bits per heavy atom. The maximum absolute atomic E-state index is 13.6. The molecular weight excluding hydrogens is 485 g/mol. The van der Waals surface area contributed by atoms with Crippen molar-refractivity contribution in [2.24, 2.45) is 0 Å². The first kappa shape index (κ1) is 26.4. The molecule has 3 N–H and O–H groups in total. The van der Waals surface area contributed by atoms with Crippen molar-refractivity contribution < 1.29 is 13.9 Å². The third kappa shape index (κ3) is 6.38. The lowest BCUT2D eigenvalue weighted by molar-refractivity contribution is -0.111. The number of hydrogen-bond acceptors (Lipinski definition) is 8. The Hall–Kier alpha value is -4.62. The average molecular weight is 516 g/mol. The molecule has 0 unspecified atom stereocenters. The first-order chi connectivity index (χ1) is 18.4. The van der Waals surface area contributed by atoms with Gasteiger partial charge in [-0.25, -0.2) is 9.37 Å². The van der Waals surface area contributed by atoms with Crippen LogP contribution in [0.5, 0.6) is 5.75 Å². The van der Waals surface area contributed by atoms with Crippen LogP contribution in [0, 0.1) is 17.1 Å². The van der Waals surface area contributed by atoms with Gasteiger partial charge >= 0.3 is 0 Å². The van der Waals surface area contributed by atoms with E-state index >= 15 is 0 Å². The van der Waals surface area contributed by atoms with Crippen molar-refractivity contribution in [1.29, 1.82) is 5.26 Å². The summed E-state index contributed by atoms with van der Waals surface area (Å²) in [6, 6.07) is 14.0. The third-order valence-electron chi connectivity index (χ3n) is 6.32. The number of nitrogens with one attached hydrogen (secondary N) is 3. The molecule has 0 spiro atoms. The van der Waals surface area contributed by atoms with Crippen LogP contribution in [-0.2, 0) is 11.3 Å². The van der Waals surface area contributed by atoms with E-state index in [0.717, 1.165) is 37.4 Å². The van der Waals surface area contributed by atoms with E-state index in [4.69, 9.17) is 4.74 Å². The molecule has 1 aliphatic rings. The van der Waals surface area contributed by atoms with Crippen LogP contribution in [0.15, 0.2) is 61.3 Å². The molecule has 38 heavy (non-hydrogen) atoms. The molecule has 0 saturated carbocycles. The first-order valence-corrected chi connectivity index (χ1v) is 12.1. The van der Waals surface area contributed by atoms with Gasteiger partial charge < -0.3 is 30.5 Å². The highest BCUT2D eigenvalue weighted by atomic mass is 19.1. The fourth-order valence-electron chi connectivity index (χ4n) is 4.14. The summed E-state index contributed by atoms with van der Waals surface area (Å²) in [5, 5.41) is 18.9. The summed E-state index contributed by atoms with van der Waals surface area (Å²) in [5.74, 6) is 0.161. The van der Waals surface area contributed by atoms with E-state index in [2.05, 4.69) is 50.4 Å². The van der Waals surface area contributed by atoms with Crippen LogP contribution in [0.4, 0.5) is 33.0 Å². The summed E-state index contributed by atoms with van der Waals surface area (Å²) in [4.78, 5) is 21.1. The second-order valence-electron chi connectivity index (χ2n) is 8.88. The molecule has 1 amide bonds. The van der Waals surface area contributed by atoms with Crippen molar-refractivity contribution in [1.82, 2.24) is 9.88 Å². The van der Waals surface area contributed by atoms with Crippen molar-refractivity contribution in [2.75, 3.05) is 61.2 Å². The number of anilines is 5. The summed E-state index contributed by atoms with van der Waals surface area (Å²) in [7, 11) is 3.58. The van der Waals surface area contributed by atoms with Gasteiger partial charge in [-0.3, -0.25) is 4.79 Å². The fraction of sp³-hybridized carbons (Fsp3) is 0.250. The molecule has 4 rings (SSSR count). The van der Waals surface area contributed by atoms with Crippen LogP contribution in [0.25, 0.3) is 0 Å². The molecule has 0 atom stereocenters. The van der Waals surface area contributed by atoms with Crippen LogP contribution in [0.1, 0.15) is 11.1 Å². The van der Waals surface area contributed by atoms with E-state index in [-0.39, 0.29) is 5.91 Å². The Labute approximate surface area is 221 Å². The Kier molecular flexibility index (Phi) is 8.40. The van der Waals surface area contributed by atoms with Crippen molar-refractivity contribution >= 4 is 34.5 Å². The SMILES string of the molecule is C=CC(=O)Nc1cc(N2CCN(C)CC2)ccc1Nc1cc(NCc2ccc(F)cc2OC)c(C#N)cn1. The minimum absolute atomic E-state index is 0.307. The Bertz CT molecular complexity index is 1360. The second kappa shape index (κ2) is 12.1. The van der Waals surface area contributed by atoms with Crippen molar-refractivity contribution in [3.8, 4) is 11.8 Å². The van der Waals surface area contributed by atoms with Crippen LogP contribution < -0.4 is 25.6 Å². The minimum atomic E-state index is -0.392. The molecule has 1 fully saturated rings. The highest BCUT2D eigenvalue weighted by Gasteiger charge is 2.17. The molecule has 9 nitrogen and oxygen atoms in total. The Morgan fingerprint density at radius 3 is 2.66 bits per heavy atom. The lowest BCUT2D eigenvalue weighted by Gasteiger charge is -2.34. The van der Waals surface area contributed by atoms with Gasteiger partial charge in [0.1, 0.15) is 23.5 Å². The van der Waals surface area contributed by atoms with Crippen molar-refractivity contribution in [3.05, 3.63) is 78.3 Å². The van der Waals surface area contributed by atoms with E-state index in [9.17, 15) is 14.4 Å². The lowest BCUT2D eigenvalue weighted by atomic mass is 10.1. The smallest absolute Gasteiger partial charge is 0.247 e. The summed E-state index contributed by atoms with van der Waals surface area (Å²) < 4.78 is 18.8. The van der Waals surface area contributed by atoms with E-state index in [1.165, 1.54) is 31.5 Å². The highest BCUT2D eigenvalue weighted by molar-refractivity contribution is 6.02. The van der Waals surface area contributed by atoms with E-state index in [1.54, 1.807) is 12.1 Å². The number of benzene rings is 2. The third-order valence-corrected chi connectivity index (χ3v) is 6.32. The van der Waals surface area contributed by atoms with E-state index in [1.807, 2.05) is 18.2 Å². The zero-order valence-corrected chi connectivity index (χ0v) is 21.4. The molecule has 0 bridgehead atoms. The normalized spacial score (nSPS) is 13.4. The Morgan fingerprint density at radius 1 is 1.16 bits per heavy atom. The largest absolute Gasteiger partial charge is 0.496 e. The Balaban J connectivity index is 1.58. The number of carbonyl (C=O) groups is 1. The van der Waals surface area contributed by atoms with Gasteiger partial charge in [-0.15, -0.1) is 0 Å². The number of rotatable bonds is 9. The lowest BCUT2D eigenvalue weighted by Crippen LogP contribution is -2.44. The maximum Gasteiger partial charge on any atom is 0.247 e. The number of ether oxygens (including phenoxy) is 1. The highest BCUT2D eigenvalue weighted by Crippen LogP contribution is 2.32. The molecule has 1 aromatic heterocycles. The summed E-state index contributed by atoms with van der Waals surface area (Å²) in [6.45, 7) is 7.57. The van der Waals surface area contributed by atoms with Crippen molar-refractivity contribution in [3.63, 3.8) is 0 Å². The molecule has 0 aliphatic carbocycles. The molecule has 0 radical (unpaired) electrons. The first-order valence-electron chi connectivity index (χ1n) is 12.1. The quantitative estimate of drug-likeness (QED) is 0.362. The second-order valence-corrected chi connectivity index (χ2v) is 8.88. The summed E-state index contributed by atoms with van der Waals surface area (Å²) in [6.07, 6.45) is 2.69. The standard InChI is InChI=1S/C28H30FN7O2/c1-4-28(37)34-25-14-22(36-11-9-35(2)10-12-36)7-8-23(25)33-27-15-24(20(16-30)18-32-27)31-17-19-5-6-21(29)13-26(19)38-3/h4-8,13-15,18H,1,9-12,17H2,2-3H3,(H,34,37)(H2,31,32,33). The number of pyridine rings is 1. The predicted octanol–water partition coefficient (Wildman–Crippen LogP) is 4.33. The number of carbonyl (C=O) groups excluding carboxylic acids is 1. The number of nitrogens with zero attached hydrogens (tertiary/aromatic N) is 4. The zero-order valence-electron chi connectivity index (χ0n) is 21.4. The van der Waals surface area contributed by atoms with Crippen LogP contribution >= 0.6 is 0 Å². The molecule has 1 saturated heterocycles. The fourth-order valence-corrected chi connectivity index (χ4v) is 4.14. The molecule has 2 aromatic carbocycles. The average Bonchev–Trinajstić information content (AvgIpc) is 2.93. The number of nitriles is 1. The topological polar surface area (TPSA) is 106 Å². The molecule has 1 aliphatic heterocycles. The number of hydrogen-bond donors (Lipinski definition) is 3. The molecule has 196 valence electrons. The van der Waals surface area contributed by atoms with Gasteiger partial charge in [0.15, 0.2) is 0 Å². The summed E-state index contributed by atoms with van der Waals surface area (Å²) in [5.41, 5.74) is 3.86. The molecule has 3 aromatic rings. The van der Waals surface area contributed by atoms with Gasteiger partial charge in [0.2, 0.25) is 5.91 Å². The van der Waals surface area contributed by atoms with Gasteiger partial charge in [-0.2, -0.15) is 5.26 Å². The van der Waals surface area contributed by atoms with Crippen LogP contribution in [0.2, 0.25) is 0 Å². The van der Waals surface area contributed by atoms with Crippen molar-refractivity contribution in [2.45, 2.75) is 6.54 Å². The molecule has 2 heterocycles. The zero-order chi connectivity index (χ0) is 27.1. The van der Waals surface area contributed by atoms with Gasteiger partial charge in [-0.1, -0.05) is 12.6 Å². The van der Waals surface area contributed by atoms with Gasteiger partial charge in [-0.05, 0) is 37.4 Å². The van der Waals surface area contributed by atoms with E-state index < -0.39 is 5.82 Å². The van der Waals surface area contributed by atoms with Gasteiger partial charge in [0.25, 0.3) is 0 Å². The van der Waals surface area contributed by atoms with Crippen LogP contribution in [-0.4, -0.2) is 56.1 Å². The summed E-state index contributed by atoms with van der Waals surface area (Å²) >= 11 is 0. The van der Waals surface area contributed by atoms with Gasteiger partial charge in [0.05, 0.1) is 29.7 Å². The monoisotopic (exact) mass is 515 g/mol. The van der Waals surface area contributed by atoms with Gasteiger partial charge in [0, 0.05) is 62.3 Å². The number of amides is 1. The number of aromatic nitrogens is 1. The maximum atomic E-state index is 13.6.